The van der Waals surface area contributed by atoms with Crippen molar-refractivity contribution in [1.29, 1.82) is 0 Å². The fourth-order valence-corrected chi connectivity index (χ4v) is 2.92. The van der Waals surface area contributed by atoms with Crippen molar-refractivity contribution in [2.24, 2.45) is 0 Å². The number of esters is 1. The van der Waals surface area contributed by atoms with Crippen LogP contribution in [0.5, 0.6) is 5.75 Å². The van der Waals surface area contributed by atoms with Crippen molar-refractivity contribution in [3.05, 3.63) is 65.7 Å². The maximum absolute atomic E-state index is 11.7. The van der Waals surface area contributed by atoms with E-state index in [1.807, 2.05) is 30.3 Å². The minimum atomic E-state index is -1.23. The molecule has 39 heavy (non-hydrogen) atoms. The van der Waals surface area contributed by atoms with Gasteiger partial charge in [0.15, 0.2) is 0 Å². The first-order chi connectivity index (χ1) is 17.5. The number of hydrogen-bond acceptors (Lipinski definition) is 9. The molecule has 2 aromatic rings. The fraction of sp³-hybridized carbons (Fsp3) is 0.292. The van der Waals surface area contributed by atoms with Gasteiger partial charge in [0.05, 0.1) is 26.2 Å². The number of ether oxygens (including phenoxy) is 1. The van der Waals surface area contributed by atoms with Crippen LogP contribution in [0.3, 0.4) is 0 Å². The van der Waals surface area contributed by atoms with Crippen LogP contribution >= 0.6 is 0 Å². The SMILES string of the molecule is O=C(O)CN(CCN(CC(=O)O)CC(=O)O)CC(=O)O.O=C(OCc1ccccc1)c1ccccc1O.[H-].[H-].[Na+].[Na+]. The molecule has 0 spiro atoms. The van der Waals surface area contributed by atoms with Gasteiger partial charge in [-0.1, -0.05) is 42.5 Å². The number of hydrogen-bond donors (Lipinski definition) is 5. The molecule has 0 aliphatic heterocycles. The number of aliphatic carboxylic acids is 4. The summed E-state index contributed by atoms with van der Waals surface area (Å²) in [5.41, 5.74) is 1.10. The number of benzene rings is 2. The number of phenols is 1. The van der Waals surface area contributed by atoms with Crippen LogP contribution in [0.15, 0.2) is 54.6 Å². The molecule has 0 fully saturated rings. The fourth-order valence-electron chi connectivity index (χ4n) is 2.92. The molecule has 0 aliphatic carbocycles. The number of rotatable bonds is 14. The summed E-state index contributed by atoms with van der Waals surface area (Å²) in [7, 11) is 0. The molecule has 0 aromatic heterocycles. The molecule has 0 saturated carbocycles. The predicted molar refractivity (Wildman–Crippen MR) is 129 cm³/mol. The number of carbonyl (C=O) groups excluding carboxylic acids is 1. The molecular weight excluding hydrogens is 538 g/mol. The normalized spacial score (nSPS) is 9.79. The summed E-state index contributed by atoms with van der Waals surface area (Å²) < 4.78 is 5.10. The molecule has 15 heteroatoms. The number of carbonyl (C=O) groups is 5. The van der Waals surface area contributed by atoms with Gasteiger partial charge in [-0.2, -0.15) is 0 Å². The van der Waals surface area contributed by atoms with E-state index in [0.717, 1.165) is 15.4 Å². The second-order valence-electron chi connectivity index (χ2n) is 7.58. The van der Waals surface area contributed by atoms with Crippen LogP contribution in [0.25, 0.3) is 0 Å². The predicted octanol–water partition coefficient (Wildman–Crippen LogP) is -5.09. The van der Waals surface area contributed by atoms with E-state index in [2.05, 4.69) is 0 Å². The van der Waals surface area contributed by atoms with E-state index in [1.165, 1.54) is 12.1 Å². The van der Waals surface area contributed by atoms with Gasteiger partial charge in [-0.25, -0.2) is 4.79 Å². The van der Waals surface area contributed by atoms with Gasteiger partial charge in [-0.05, 0) is 17.7 Å². The van der Waals surface area contributed by atoms with E-state index < -0.39 is 56.0 Å². The van der Waals surface area contributed by atoms with E-state index in [1.54, 1.807) is 12.1 Å². The van der Waals surface area contributed by atoms with Crippen molar-refractivity contribution in [3.8, 4) is 5.75 Å². The smallest absolute Gasteiger partial charge is 1.00 e. The summed E-state index contributed by atoms with van der Waals surface area (Å²) in [6, 6.07) is 15.7. The summed E-state index contributed by atoms with van der Waals surface area (Å²) in [6.45, 7) is -2.05. The summed E-state index contributed by atoms with van der Waals surface area (Å²) in [5.74, 6) is -5.50. The van der Waals surface area contributed by atoms with Crippen LogP contribution in [0, 0.1) is 0 Å². The maximum atomic E-state index is 11.7. The van der Waals surface area contributed by atoms with Crippen molar-refractivity contribution in [2.75, 3.05) is 39.3 Å². The molecular formula is C24H30N2Na2O11. The third-order valence-electron chi connectivity index (χ3n) is 4.50. The Morgan fingerprint density at radius 3 is 1.41 bits per heavy atom. The first-order valence-electron chi connectivity index (χ1n) is 10.8. The minimum Gasteiger partial charge on any atom is -1.00 e. The van der Waals surface area contributed by atoms with Gasteiger partial charge in [0, 0.05) is 13.1 Å². The second kappa shape index (κ2) is 21.3. The first kappa shape index (κ1) is 38.7. The van der Waals surface area contributed by atoms with Gasteiger partial charge >= 0.3 is 89.0 Å². The Balaban J connectivity index is -0.000000306. The largest absolute Gasteiger partial charge is 1.00 e. The monoisotopic (exact) mass is 568 g/mol. The molecule has 0 saturated heterocycles. The Morgan fingerprint density at radius 2 is 1.03 bits per heavy atom. The van der Waals surface area contributed by atoms with Crippen molar-refractivity contribution in [1.82, 2.24) is 9.80 Å². The van der Waals surface area contributed by atoms with E-state index in [-0.39, 0.29) is 93.0 Å². The molecule has 204 valence electrons. The Hall–Kier alpha value is -2.49. The average Bonchev–Trinajstić information content (AvgIpc) is 2.81. The Morgan fingerprint density at radius 1 is 0.641 bits per heavy atom. The Kier molecular flexibility index (Phi) is 21.2. The first-order valence-corrected chi connectivity index (χ1v) is 10.8. The van der Waals surface area contributed by atoms with Crippen LogP contribution in [-0.4, -0.2) is 104 Å². The molecule has 0 aliphatic rings. The van der Waals surface area contributed by atoms with Gasteiger partial charge in [0.2, 0.25) is 0 Å². The van der Waals surface area contributed by atoms with Crippen LogP contribution in [0.2, 0.25) is 0 Å². The molecule has 13 nitrogen and oxygen atoms in total. The van der Waals surface area contributed by atoms with Gasteiger partial charge in [-0.15, -0.1) is 0 Å². The zero-order chi connectivity index (χ0) is 27.8. The Labute approximate surface area is 271 Å². The van der Waals surface area contributed by atoms with Gasteiger partial charge < -0.3 is 33.1 Å². The van der Waals surface area contributed by atoms with Crippen LogP contribution < -0.4 is 59.1 Å². The quantitative estimate of drug-likeness (QED) is 0.107. The van der Waals surface area contributed by atoms with E-state index in [0.29, 0.717) is 0 Å². The number of carboxylic acid groups (broad SMARTS) is 4. The summed E-state index contributed by atoms with van der Waals surface area (Å²) in [6.07, 6.45) is 0. The molecule has 0 atom stereocenters. The molecule has 5 N–H and O–H groups in total. The van der Waals surface area contributed by atoms with E-state index >= 15 is 0 Å². The number of nitrogens with zero attached hydrogens (tertiary/aromatic N) is 2. The molecule has 2 rings (SSSR count). The number of para-hydroxylation sites is 1. The van der Waals surface area contributed by atoms with E-state index in [9.17, 15) is 29.1 Å². The minimum absolute atomic E-state index is 0. The second-order valence-corrected chi connectivity index (χ2v) is 7.58. The maximum Gasteiger partial charge on any atom is 1.00 e. The molecule has 0 unspecified atom stereocenters. The van der Waals surface area contributed by atoms with Crippen molar-refractivity contribution < 1.29 is 116 Å². The van der Waals surface area contributed by atoms with Crippen LogP contribution in [-0.2, 0) is 30.5 Å². The summed E-state index contributed by atoms with van der Waals surface area (Å²) in [4.78, 5) is 56.0. The van der Waals surface area contributed by atoms with Crippen molar-refractivity contribution >= 4 is 29.8 Å². The molecule has 0 radical (unpaired) electrons. The summed E-state index contributed by atoms with van der Waals surface area (Å²) >= 11 is 0. The molecule has 0 heterocycles. The third kappa shape index (κ3) is 18.4. The third-order valence-corrected chi connectivity index (χ3v) is 4.50. The topological polar surface area (TPSA) is 202 Å². The van der Waals surface area contributed by atoms with Crippen LogP contribution in [0.1, 0.15) is 18.8 Å². The van der Waals surface area contributed by atoms with Crippen molar-refractivity contribution in [3.63, 3.8) is 0 Å². The van der Waals surface area contributed by atoms with Crippen LogP contribution in [0.4, 0.5) is 0 Å². The average molecular weight is 568 g/mol. The van der Waals surface area contributed by atoms with Crippen molar-refractivity contribution in [2.45, 2.75) is 6.61 Å². The standard InChI is InChI=1S/C14H12O3.C10H16N2O8.2Na.2H/c15-13-9-5-4-8-12(13)14(16)17-10-11-6-2-1-3-7-11;13-7(14)3-11(4-8(15)16)1-2-12(5-9(17)18)6-10(19)20;;;;/h1-9,15H,10H2;1-6H2,(H,13,14)(H,15,16)(H,17,18)(H,19,20);;;;/q;;2*+1;2*-1. The zero-order valence-corrected chi connectivity index (χ0v) is 25.7. The molecule has 0 bridgehead atoms. The van der Waals surface area contributed by atoms with Gasteiger partial charge in [-0.3, -0.25) is 29.0 Å². The number of phenolic OH excluding ortho intramolecular Hbond substituents is 1. The summed E-state index contributed by atoms with van der Waals surface area (Å²) in [5, 5.41) is 43.9. The molecule has 0 amide bonds. The zero-order valence-electron chi connectivity index (χ0n) is 23.7. The van der Waals surface area contributed by atoms with Gasteiger partial charge in [0.25, 0.3) is 0 Å². The van der Waals surface area contributed by atoms with E-state index in [4.69, 9.17) is 25.2 Å². The van der Waals surface area contributed by atoms with Gasteiger partial charge in [0.1, 0.15) is 17.9 Å². The Bertz CT molecular complexity index is 1010. The number of carboxylic acids is 4. The molecule has 2 aromatic carbocycles. The number of aromatic hydroxyl groups is 1.